The van der Waals surface area contributed by atoms with Crippen LogP contribution in [0.15, 0.2) is 30.5 Å². The van der Waals surface area contributed by atoms with Crippen molar-refractivity contribution in [1.29, 1.82) is 0 Å². The Hall–Kier alpha value is -1.46. The van der Waals surface area contributed by atoms with Crippen LogP contribution in [0.5, 0.6) is 0 Å². The molecule has 3 nitrogen and oxygen atoms in total. The van der Waals surface area contributed by atoms with Gasteiger partial charge in [-0.25, -0.2) is 9.37 Å². The van der Waals surface area contributed by atoms with E-state index in [9.17, 15) is 9.18 Å². The first-order valence-electron chi connectivity index (χ1n) is 5.69. The van der Waals surface area contributed by atoms with Crippen LogP contribution in [0.4, 0.5) is 9.52 Å². The third kappa shape index (κ3) is 3.75. The molecule has 0 bridgehead atoms. The van der Waals surface area contributed by atoms with E-state index in [-0.39, 0.29) is 11.7 Å². The molecule has 100 valence electrons. The van der Waals surface area contributed by atoms with Gasteiger partial charge in [0.15, 0.2) is 5.13 Å². The highest BCUT2D eigenvalue weighted by molar-refractivity contribution is 7.15. The number of nitrogens with zero attached hydrogens (tertiary/aromatic N) is 1. The average molecular weight is 299 g/mol. The van der Waals surface area contributed by atoms with E-state index >= 15 is 0 Å². The fraction of sp³-hybridized carbons (Fsp3) is 0.231. The minimum Gasteiger partial charge on any atom is -0.301 e. The molecule has 0 spiro atoms. The van der Waals surface area contributed by atoms with Crippen molar-refractivity contribution in [1.82, 2.24) is 4.98 Å². The summed E-state index contributed by atoms with van der Waals surface area (Å²) in [7, 11) is 0. The van der Waals surface area contributed by atoms with Crippen molar-refractivity contribution >= 4 is 34.0 Å². The molecular weight excluding hydrogens is 287 g/mol. The number of anilines is 1. The zero-order valence-electron chi connectivity index (χ0n) is 10.2. The van der Waals surface area contributed by atoms with Crippen LogP contribution in [0.1, 0.15) is 17.4 Å². The van der Waals surface area contributed by atoms with E-state index in [2.05, 4.69) is 10.3 Å². The van der Waals surface area contributed by atoms with E-state index in [1.54, 1.807) is 31.3 Å². The molecule has 1 aromatic heterocycles. The van der Waals surface area contributed by atoms with Crippen molar-refractivity contribution in [2.24, 2.45) is 0 Å². The molecular formula is C13H12ClFN2OS. The average Bonchev–Trinajstić information content (AvgIpc) is 2.79. The Morgan fingerprint density at radius 2 is 2.26 bits per heavy atom. The smallest absolute Gasteiger partial charge is 0.243 e. The molecule has 0 aliphatic carbocycles. The minimum absolute atomic E-state index is 0.240. The molecule has 1 N–H and O–H groups in total. The molecule has 0 saturated heterocycles. The number of hydrogen-bond acceptors (Lipinski definition) is 3. The highest BCUT2D eigenvalue weighted by Crippen LogP contribution is 2.22. The van der Waals surface area contributed by atoms with Crippen molar-refractivity contribution in [3.63, 3.8) is 0 Å². The summed E-state index contributed by atoms with van der Waals surface area (Å²) in [5.74, 6) is -0.538. The maximum absolute atomic E-state index is 13.5. The fourth-order valence-corrected chi connectivity index (χ4v) is 2.37. The molecule has 2 aromatic rings. The SMILES string of the molecule is CC(Cl)C(=O)Nc1ncc(Cc2ccccc2F)s1. The Bertz CT molecular complexity index is 586. The summed E-state index contributed by atoms with van der Waals surface area (Å²) in [5.41, 5.74) is 0.606. The summed E-state index contributed by atoms with van der Waals surface area (Å²) in [6.07, 6.45) is 2.09. The molecule has 1 heterocycles. The van der Waals surface area contributed by atoms with Crippen LogP contribution >= 0.6 is 22.9 Å². The Labute approximate surface area is 119 Å². The summed E-state index contributed by atoms with van der Waals surface area (Å²) in [4.78, 5) is 16.3. The molecule has 0 saturated carbocycles. The number of hydrogen-bond donors (Lipinski definition) is 1. The summed E-state index contributed by atoms with van der Waals surface area (Å²) in [6.45, 7) is 1.59. The monoisotopic (exact) mass is 298 g/mol. The highest BCUT2D eigenvalue weighted by Gasteiger charge is 2.12. The van der Waals surface area contributed by atoms with Gasteiger partial charge in [0.2, 0.25) is 5.91 Å². The summed E-state index contributed by atoms with van der Waals surface area (Å²) in [6, 6.07) is 6.60. The van der Waals surface area contributed by atoms with Crippen LogP contribution in [-0.2, 0) is 11.2 Å². The Morgan fingerprint density at radius 3 is 2.95 bits per heavy atom. The molecule has 0 aliphatic heterocycles. The molecule has 1 aromatic carbocycles. The quantitative estimate of drug-likeness (QED) is 0.879. The number of nitrogens with one attached hydrogen (secondary N) is 1. The number of carbonyl (C=O) groups is 1. The Balaban J connectivity index is 2.06. The highest BCUT2D eigenvalue weighted by atomic mass is 35.5. The first kappa shape index (κ1) is 14.0. The number of thiazole rings is 1. The normalized spacial score (nSPS) is 12.2. The van der Waals surface area contributed by atoms with Gasteiger partial charge in [0.25, 0.3) is 0 Å². The number of carbonyl (C=O) groups excluding carboxylic acids is 1. The number of amides is 1. The molecule has 1 atom stereocenters. The van der Waals surface area contributed by atoms with Gasteiger partial charge >= 0.3 is 0 Å². The van der Waals surface area contributed by atoms with Gasteiger partial charge in [0, 0.05) is 17.5 Å². The lowest BCUT2D eigenvalue weighted by Crippen LogP contribution is -2.19. The molecule has 0 aliphatic rings. The van der Waals surface area contributed by atoms with Crippen LogP contribution in [0.3, 0.4) is 0 Å². The topological polar surface area (TPSA) is 42.0 Å². The van der Waals surface area contributed by atoms with Gasteiger partial charge < -0.3 is 5.32 Å². The predicted molar refractivity (Wildman–Crippen MR) is 75.3 cm³/mol. The second kappa shape index (κ2) is 6.12. The van der Waals surface area contributed by atoms with E-state index in [4.69, 9.17) is 11.6 Å². The predicted octanol–water partition coefficient (Wildman–Crippen LogP) is 3.44. The second-order valence-electron chi connectivity index (χ2n) is 4.01. The van der Waals surface area contributed by atoms with Gasteiger partial charge in [0.05, 0.1) is 0 Å². The van der Waals surface area contributed by atoms with Gasteiger partial charge in [-0.3, -0.25) is 4.79 Å². The third-order valence-corrected chi connectivity index (χ3v) is 3.58. The maximum Gasteiger partial charge on any atom is 0.243 e. The van der Waals surface area contributed by atoms with Crippen molar-refractivity contribution in [2.45, 2.75) is 18.7 Å². The maximum atomic E-state index is 13.5. The van der Waals surface area contributed by atoms with Crippen LogP contribution in [-0.4, -0.2) is 16.3 Å². The van der Waals surface area contributed by atoms with E-state index in [1.165, 1.54) is 17.4 Å². The third-order valence-electron chi connectivity index (χ3n) is 2.47. The number of benzene rings is 1. The van der Waals surface area contributed by atoms with Crippen LogP contribution in [0.2, 0.25) is 0 Å². The van der Waals surface area contributed by atoms with Gasteiger partial charge in [-0.1, -0.05) is 18.2 Å². The largest absolute Gasteiger partial charge is 0.301 e. The van der Waals surface area contributed by atoms with Crippen LogP contribution in [0.25, 0.3) is 0 Å². The van der Waals surface area contributed by atoms with Crippen LogP contribution in [0, 0.1) is 5.82 Å². The van der Waals surface area contributed by atoms with E-state index in [0.717, 1.165) is 4.88 Å². The molecule has 1 amide bonds. The minimum atomic E-state index is -0.612. The van der Waals surface area contributed by atoms with Crippen molar-refractivity contribution in [2.75, 3.05) is 5.32 Å². The lowest BCUT2D eigenvalue weighted by atomic mass is 10.1. The second-order valence-corrected chi connectivity index (χ2v) is 5.78. The van der Waals surface area contributed by atoms with Crippen LogP contribution < -0.4 is 5.32 Å². The first-order valence-corrected chi connectivity index (χ1v) is 6.94. The number of alkyl halides is 1. The lowest BCUT2D eigenvalue weighted by Gasteiger charge is -2.02. The molecule has 19 heavy (non-hydrogen) atoms. The number of rotatable bonds is 4. The standard InChI is InChI=1S/C13H12ClFN2OS/c1-8(14)12(18)17-13-16-7-10(19-13)6-9-4-2-3-5-11(9)15/h2-5,7-8H,6H2,1H3,(H,16,17,18). The summed E-state index contributed by atoms with van der Waals surface area (Å²) in [5, 5.41) is 2.47. The molecule has 0 fully saturated rings. The Morgan fingerprint density at radius 1 is 1.53 bits per heavy atom. The van der Waals surface area contributed by atoms with E-state index in [1.807, 2.05) is 0 Å². The molecule has 1 unspecified atom stereocenters. The zero-order valence-corrected chi connectivity index (χ0v) is 11.8. The summed E-state index contributed by atoms with van der Waals surface area (Å²) >= 11 is 6.96. The molecule has 6 heteroatoms. The van der Waals surface area contributed by atoms with Gasteiger partial charge in [0.1, 0.15) is 11.2 Å². The van der Waals surface area contributed by atoms with Gasteiger partial charge in [-0.2, -0.15) is 0 Å². The first-order chi connectivity index (χ1) is 9.06. The Kier molecular flexibility index (Phi) is 4.50. The van der Waals surface area contributed by atoms with Gasteiger partial charge in [-0.15, -0.1) is 22.9 Å². The number of halogens is 2. The zero-order chi connectivity index (χ0) is 13.8. The van der Waals surface area contributed by atoms with Crippen molar-refractivity contribution in [3.8, 4) is 0 Å². The molecule has 0 radical (unpaired) electrons. The fourth-order valence-electron chi connectivity index (χ4n) is 1.48. The molecule has 2 rings (SSSR count). The lowest BCUT2D eigenvalue weighted by molar-refractivity contribution is -0.115. The summed E-state index contributed by atoms with van der Waals surface area (Å²) < 4.78 is 13.5. The van der Waals surface area contributed by atoms with E-state index in [0.29, 0.717) is 17.1 Å². The van der Waals surface area contributed by atoms with Gasteiger partial charge in [-0.05, 0) is 18.6 Å². The number of aromatic nitrogens is 1. The van der Waals surface area contributed by atoms with Crippen molar-refractivity contribution < 1.29 is 9.18 Å². The van der Waals surface area contributed by atoms with Crippen molar-refractivity contribution in [3.05, 3.63) is 46.7 Å². The van der Waals surface area contributed by atoms with E-state index < -0.39 is 5.38 Å².